The van der Waals surface area contributed by atoms with Crippen LogP contribution in [0, 0.1) is 5.92 Å². The van der Waals surface area contributed by atoms with E-state index in [2.05, 4.69) is 19.2 Å². The van der Waals surface area contributed by atoms with Crippen LogP contribution in [0.1, 0.15) is 20.8 Å². The predicted molar refractivity (Wildman–Crippen MR) is 47.0 cm³/mol. The van der Waals surface area contributed by atoms with Crippen molar-refractivity contribution in [3.8, 4) is 0 Å². The van der Waals surface area contributed by atoms with Crippen molar-refractivity contribution in [3.63, 3.8) is 0 Å². The Morgan fingerprint density at radius 3 is 1.82 bits per heavy atom. The second-order valence-corrected chi connectivity index (χ2v) is 3.05. The van der Waals surface area contributed by atoms with Crippen molar-refractivity contribution < 1.29 is 0 Å². The lowest BCUT2D eigenvalue weighted by Crippen LogP contribution is -2.37. The van der Waals surface area contributed by atoms with E-state index >= 15 is 0 Å². The Balaban J connectivity index is 3.96. The van der Waals surface area contributed by atoms with Gasteiger partial charge in [0, 0.05) is 6.04 Å². The molecule has 0 aliphatic carbocycles. The first-order valence-electron chi connectivity index (χ1n) is 3.72. The summed E-state index contributed by atoms with van der Waals surface area (Å²) in [6.45, 7) is 6.22. The van der Waals surface area contributed by atoms with E-state index in [1.54, 1.807) is 0 Å². The molecule has 0 aromatic heterocycles. The molecule has 0 rings (SSSR count). The van der Waals surface area contributed by atoms with E-state index in [0.29, 0.717) is 11.7 Å². The number of nitrogens with two attached hydrogens (primary N) is 3. The van der Waals surface area contributed by atoms with Crippen LogP contribution >= 0.6 is 0 Å². The van der Waals surface area contributed by atoms with Crippen LogP contribution in [0.25, 0.3) is 0 Å². The van der Waals surface area contributed by atoms with Gasteiger partial charge in [-0.05, 0) is 12.8 Å². The zero-order valence-corrected chi connectivity index (χ0v) is 7.39. The molecule has 1 atom stereocenters. The van der Waals surface area contributed by atoms with Crippen LogP contribution in [-0.4, -0.2) is 6.04 Å². The molecular weight excluding hydrogens is 140 g/mol. The molecule has 0 fully saturated rings. The third-order valence-electron chi connectivity index (χ3n) is 1.69. The zero-order valence-electron chi connectivity index (χ0n) is 7.39. The smallest absolute Gasteiger partial charge is 0.137 e. The third-order valence-corrected chi connectivity index (χ3v) is 1.69. The van der Waals surface area contributed by atoms with Crippen molar-refractivity contribution in [1.29, 1.82) is 0 Å². The summed E-state index contributed by atoms with van der Waals surface area (Å²) in [5.41, 5.74) is 16.0. The summed E-state index contributed by atoms with van der Waals surface area (Å²) >= 11 is 0. The highest BCUT2D eigenvalue weighted by Gasteiger charge is 2.06. The van der Waals surface area contributed by atoms with E-state index < -0.39 is 0 Å². The van der Waals surface area contributed by atoms with Gasteiger partial charge in [0.2, 0.25) is 0 Å². The fourth-order valence-corrected chi connectivity index (χ4v) is 0.495. The normalized spacial score (nSPS) is 12.7. The van der Waals surface area contributed by atoms with E-state index in [9.17, 15) is 0 Å². The highest BCUT2D eigenvalue weighted by Crippen LogP contribution is 2.00. The first kappa shape index (κ1) is 9.94. The van der Waals surface area contributed by atoms with E-state index in [4.69, 9.17) is 17.2 Å². The Bertz CT molecular complexity index is 147. The number of hydrogen-bond acceptors (Lipinski definition) is 4. The molecule has 0 spiro atoms. The summed E-state index contributed by atoms with van der Waals surface area (Å²) in [6.07, 6.45) is 0. The molecule has 1 unspecified atom stereocenters. The largest absolute Gasteiger partial charge is 0.383 e. The highest BCUT2D eigenvalue weighted by atomic mass is 15.1. The van der Waals surface area contributed by atoms with Crippen molar-refractivity contribution in [2.75, 3.05) is 0 Å². The van der Waals surface area contributed by atoms with Crippen LogP contribution in [0.15, 0.2) is 11.6 Å². The summed E-state index contributed by atoms with van der Waals surface area (Å²) in [5, 5.41) is 2.99. The van der Waals surface area contributed by atoms with Crippen molar-refractivity contribution >= 4 is 0 Å². The van der Waals surface area contributed by atoms with E-state index in [-0.39, 0.29) is 11.9 Å². The summed E-state index contributed by atoms with van der Waals surface area (Å²) < 4.78 is 0. The first-order chi connectivity index (χ1) is 4.95. The monoisotopic (exact) mass is 158 g/mol. The second-order valence-electron chi connectivity index (χ2n) is 3.05. The van der Waals surface area contributed by atoms with Crippen LogP contribution in [-0.2, 0) is 0 Å². The van der Waals surface area contributed by atoms with Gasteiger partial charge in [0.1, 0.15) is 11.6 Å². The molecule has 0 bridgehead atoms. The fourth-order valence-electron chi connectivity index (χ4n) is 0.495. The van der Waals surface area contributed by atoms with Gasteiger partial charge in [0.05, 0.1) is 0 Å². The molecule has 0 amide bonds. The minimum Gasteiger partial charge on any atom is -0.383 e. The maximum atomic E-state index is 5.47. The molecule has 0 aromatic carbocycles. The molecule has 0 aliphatic rings. The number of nitrogens with one attached hydrogen (secondary N) is 1. The Kier molecular flexibility index (Phi) is 3.57. The average Bonchev–Trinajstić information content (AvgIpc) is 1.87. The van der Waals surface area contributed by atoms with E-state index in [1.807, 2.05) is 6.92 Å². The molecule has 11 heavy (non-hydrogen) atoms. The molecule has 0 aliphatic heterocycles. The molecule has 4 nitrogen and oxygen atoms in total. The molecular formula is C7H18N4. The van der Waals surface area contributed by atoms with Gasteiger partial charge >= 0.3 is 0 Å². The highest BCUT2D eigenvalue weighted by molar-refractivity contribution is 5.01. The quantitative estimate of drug-likeness (QED) is 0.451. The maximum Gasteiger partial charge on any atom is 0.137 e. The topological polar surface area (TPSA) is 90.1 Å². The molecule has 0 heterocycles. The molecule has 0 radical (unpaired) electrons. The van der Waals surface area contributed by atoms with Crippen LogP contribution in [0.3, 0.4) is 0 Å². The molecule has 0 saturated carbocycles. The van der Waals surface area contributed by atoms with Crippen molar-refractivity contribution in [3.05, 3.63) is 11.6 Å². The van der Waals surface area contributed by atoms with Crippen LogP contribution in [0.2, 0.25) is 0 Å². The maximum absolute atomic E-state index is 5.47. The van der Waals surface area contributed by atoms with Gasteiger partial charge in [-0.1, -0.05) is 13.8 Å². The molecule has 66 valence electrons. The SMILES string of the molecule is CC(C)C(C)NC(N)=C(N)N. The molecule has 4 heteroatoms. The summed E-state index contributed by atoms with van der Waals surface area (Å²) in [5.74, 6) is 1.02. The standard InChI is InChI=1S/C7H18N4/c1-4(2)5(3)11-7(10)6(8)9/h4-5,11H,8-10H2,1-3H3. The minimum absolute atomic E-state index is 0.150. The average molecular weight is 158 g/mol. The van der Waals surface area contributed by atoms with E-state index in [1.165, 1.54) is 0 Å². The van der Waals surface area contributed by atoms with Gasteiger partial charge in [-0.3, -0.25) is 0 Å². The Labute approximate surface area is 67.8 Å². The molecule has 0 saturated heterocycles. The first-order valence-corrected chi connectivity index (χ1v) is 3.72. The summed E-state index contributed by atoms with van der Waals surface area (Å²) in [6, 6.07) is 0.289. The van der Waals surface area contributed by atoms with Gasteiger partial charge in [-0.25, -0.2) is 0 Å². The van der Waals surface area contributed by atoms with E-state index in [0.717, 1.165) is 0 Å². The van der Waals surface area contributed by atoms with Crippen molar-refractivity contribution in [2.24, 2.45) is 23.1 Å². The van der Waals surface area contributed by atoms with Crippen molar-refractivity contribution in [2.45, 2.75) is 26.8 Å². The van der Waals surface area contributed by atoms with Gasteiger partial charge in [0.15, 0.2) is 0 Å². The summed E-state index contributed by atoms with van der Waals surface area (Å²) in [7, 11) is 0. The molecule has 7 N–H and O–H groups in total. The fraction of sp³-hybridized carbons (Fsp3) is 0.714. The van der Waals surface area contributed by atoms with Crippen LogP contribution < -0.4 is 22.5 Å². The lowest BCUT2D eigenvalue weighted by atomic mass is 10.1. The Morgan fingerprint density at radius 1 is 1.09 bits per heavy atom. The lowest BCUT2D eigenvalue weighted by Gasteiger charge is -2.18. The molecule has 0 aromatic rings. The van der Waals surface area contributed by atoms with Crippen LogP contribution in [0.5, 0.6) is 0 Å². The predicted octanol–water partition coefficient (Wildman–Crippen LogP) is -0.377. The van der Waals surface area contributed by atoms with Crippen LogP contribution in [0.4, 0.5) is 0 Å². The zero-order chi connectivity index (χ0) is 9.02. The second kappa shape index (κ2) is 3.95. The van der Waals surface area contributed by atoms with Gasteiger partial charge in [0.25, 0.3) is 0 Å². The van der Waals surface area contributed by atoms with Crippen molar-refractivity contribution in [1.82, 2.24) is 5.32 Å². The Morgan fingerprint density at radius 2 is 1.55 bits per heavy atom. The third kappa shape index (κ3) is 3.60. The lowest BCUT2D eigenvalue weighted by molar-refractivity contribution is 0.457. The van der Waals surface area contributed by atoms with Gasteiger partial charge in [-0.2, -0.15) is 0 Å². The number of rotatable bonds is 3. The summed E-state index contributed by atoms with van der Waals surface area (Å²) in [4.78, 5) is 0. The Hall–Kier alpha value is -1.06. The van der Waals surface area contributed by atoms with Gasteiger partial charge < -0.3 is 22.5 Å². The number of hydrogen-bond donors (Lipinski definition) is 4. The van der Waals surface area contributed by atoms with Gasteiger partial charge in [-0.15, -0.1) is 0 Å². The minimum atomic E-state index is 0.150.